The molecule has 1 aromatic heterocycles. The normalized spacial score (nSPS) is 17.3. The first-order valence-electron chi connectivity index (χ1n) is 6.26. The molecule has 0 bridgehead atoms. The van der Waals surface area contributed by atoms with Crippen molar-refractivity contribution in [2.45, 2.75) is 44.9 Å². The van der Waals surface area contributed by atoms with Crippen LogP contribution in [0.25, 0.3) is 11.1 Å². The Morgan fingerprint density at radius 2 is 2.12 bits per heavy atom. The molecule has 1 aliphatic rings. The third kappa shape index (κ3) is 1.62. The van der Waals surface area contributed by atoms with Crippen molar-refractivity contribution in [1.82, 2.24) is 4.98 Å². The number of rotatable bonds is 2. The largest absolute Gasteiger partial charge is 0.440 e. The molecular formula is C14H17NO. The summed E-state index contributed by atoms with van der Waals surface area (Å²) in [7, 11) is 0. The van der Waals surface area contributed by atoms with Crippen LogP contribution in [0.2, 0.25) is 0 Å². The molecule has 0 N–H and O–H groups in total. The molecule has 1 aliphatic carbocycles. The fourth-order valence-corrected chi connectivity index (χ4v) is 2.56. The Kier molecular flexibility index (Phi) is 2.43. The van der Waals surface area contributed by atoms with E-state index in [1.54, 1.807) is 0 Å². The molecule has 2 aromatic rings. The zero-order chi connectivity index (χ0) is 11.0. The smallest absolute Gasteiger partial charge is 0.198 e. The molecular weight excluding hydrogens is 198 g/mol. The summed E-state index contributed by atoms with van der Waals surface area (Å²) >= 11 is 0. The van der Waals surface area contributed by atoms with E-state index in [1.165, 1.54) is 31.2 Å². The molecule has 0 aliphatic heterocycles. The first kappa shape index (κ1) is 9.88. The van der Waals surface area contributed by atoms with Gasteiger partial charge < -0.3 is 4.42 Å². The van der Waals surface area contributed by atoms with Gasteiger partial charge in [-0.05, 0) is 37.0 Å². The van der Waals surface area contributed by atoms with Crippen molar-refractivity contribution in [3.8, 4) is 0 Å². The molecule has 3 rings (SSSR count). The van der Waals surface area contributed by atoms with E-state index in [9.17, 15) is 0 Å². The van der Waals surface area contributed by atoms with E-state index in [4.69, 9.17) is 4.42 Å². The second-order valence-electron chi connectivity index (χ2n) is 4.69. The van der Waals surface area contributed by atoms with Crippen LogP contribution in [-0.2, 0) is 6.42 Å². The minimum atomic E-state index is 0.567. The van der Waals surface area contributed by atoms with E-state index in [0.717, 1.165) is 23.4 Å². The lowest BCUT2D eigenvalue weighted by Crippen LogP contribution is -1.90. The molecule has 0 radical (unpaired) electrons. The van der Waals surface area contributed by atoms with Crippen molar-refractivity contribution >= 4 is 11.1 Å². The Bertz CT molecular complexity index is 494. The molecule has 84 valence electrons. The molecule has 1 aromatic carbocycles. The average molecular weight is 215 g/mol. The highest BCUT2D eigenvalue weighted by Gasteiger charge is 2.22. The number of fused-ring (bicyclic) bond motifs is 1. The monoisotopic (exact) mass is 215 g/mol. The Balaban J connectivity index is 2.01. The van der Waals surface area contributed by atoms with Gasteiger partial charge in [-0.1, -0.05) is 25.8 Å². The molecule has 0 amide bonds. The Hall–Kier alpha value is -1.31. The highest BCUT2D eigenvalue weighted by molar-refractivity contribution is 5.73. The standard InChI is InChI=1S/C14H17NO/c1-2-10-7-8-13-12(9-10)15-14(16-13)11-5-3-4-6-11/h7-9,11H,2-6H2,1H3. The van der Waals surface area contributed by atoms with E-state index >= 15 is 0 Å². The van der Waals surface area contributed by atoms with Crippen LogP contribution in [0.5, 0.6) is 0 Å². The number of aryl methyl sites for hydroxylation is 1. The zero-order valence-electron chi connectivity index (χ0n) is 9.70. The van der Waals surface area contributed by atoms with Crippen molar-refractivity contribution in [2.75, 3.05) is 0 Å². The van der Waals surface area contributed by atoms with Gasteiger partial charge in [-0.3, -0.25) is 0 Å². The van der Waals surface area contributed by atoms with E-state index in [1.807, 2.05) is 0 Å². The average Bonchev–Trinajstić information content (AvgIpc) is 2.96. The molecule has 2 nitrogen and oxygen atoms in total. The summed E-state index contributed by atoms with van der Waals surface area (Å²) < 4.78 is 5.84. The topological polar surface area (TPSA) is 26.0 Å². The van der Waals surface area contributed by atoms with Crippen LogP contribution in [-0.4, -0.2) is 4.98 Å². The molecule has 1 fully saturated rings. The fraction of sp³-hybridized carbons (Fsp3) is 0.500. The highest BCUT2D eigenvalue weighted by Crippen LogP contribution is 2.35. The second-order valence-corrected chi connectivity index (χ2v) is 4.69. The number of nitrogens with zero attached hydrogens (tertiary/aromatic N) is 1. The van der Waals surface area contributed by atoms with Crippen LogP contribution in [0.3, 0.4) is 0 Å². The first-order valence-corrected chi connectivity index (χ1v) is 6.26. The molecule has 16 heavy (non-hydrogen) atoms. The maximum Gasteiger partial charge on any atom is 0.198 e. The lowest BCUT2D eigenvalue weighted by atomic mass is 10.1. The van der Waals surface area contributed by atoms with Gasteiger partial charge in [0.15, 0.2) is 11.5 Å². The summed E-state index contributed by atoms with van der Waals surface area (Å²) in [4.78, 5) is 4.64. The van der Waals surface area contributed by atoms with Gasteiger partial charge in [-0.2, -0.15) is 0 Å². The van der Waals surface area contributed by atoms with E-state index in [-0.39, 0.29) is 0 Å². The van der Waals surface area contributed by atoms with Crippen molar-refractivity contribution in [2.24, 2.45) is 0 Å². The van der Waals surface area contributed by atoms with E-state index in [2.05, 4.69) is 30.1 Å². The van der Waals surface area contributed by atoms with Gasteiger partial charge in [-0.25, -0.2) is 4.98 Å². The van der Waals surface area contributed by atoms with Crippen LogP contribution in [0.15, 0.2) is 22.6 Å². The maximum atomic E-state index is 5.84. The van der Waals surface area contributed by atoms with Crippen LogP contribution in [0, 0.1) is 0 Å². The van der Waals surface area contributed by atoms with Crippen molar-refractivity contribution in [1.29, 1.82) is 0 Å². The van der Waals surface area contributed by atoms with Crippen molar-refractivity contribution in [3.05, 3.63) is 29.7 Å². The SMILES string of the molecule is CCc1ccc2oc(C3CCCC3)nc2c1. The minimum absolute atomic E-state index is 0.567. The third-order valence-electron chi connectivity index (χ3n) is 3.58. The quantitative estimate of drug-likeness (QED) is 0.755. The summed E-state index contributed by atoms with van der Waals surface area (Å²) in [6.07, 6.45) is 6.19. The van der Waals surface area contributed by atoms with Gasteiger partial charge in [0, 0.05) is 5.92 Å². The first-order chi connectivity index (χ1) is 7.86. The van der Waals surface area contributed by atoms with E-state index < -0.39 is 0 Å². The van der Waals surface area contributed by atoms with Crippen LogP contribution in [0.1, 0.15) is 50.0 Å². The zero-order valence-corrected chi connectivity index (χ0v) is 9.70. The fourth-order valence-electron chi connectivity index (χ4n) is 2.56. The number of hydrogen-bond donors (Lipinski definition) is 0. The van der Waals surface area contributed by atoms with Crippen molar-refractivity contribution in [3.63, 3.8) is 0 Å². The molecule has 2 heteroatoms. The van der Waals surface area contributed by atoms with Gasteiger partial charge >= 0.3 is 0 Å². The second kappa shape index (κ2) is 3.93. The predicted molar refractivity (Wildman–Crippen MR) is 64.6 cm³/mol. The van der Waals surface area contributed by atoms with Gasteiger partial charge in [0.1, 0.15) is 5.52 Å². The molecule has 1 heterocycles. The number of oxazole rings is 1. The number of aromatic nitrogens is 1. The number of benzene rings is 1. The van der Waals surface area contributed by atoms with Gasteiger partial charge in [0.05, 0.1) is 0 Å². The Morgan fingerprint density at radius 1 is 1.31 bits per heavy atom. The maximum absolute atomic E-state index is 5.84. The summed E-state index contributed by atoms with van der Waals surface area (Å²) in [5.41, 5.74) is 3.30. The molecule has 0 atom stereocenters. The van der Waals surface area contributed by atoms with Crippen molar-refractivity contribution < 1.29 is 4.42 Å². The van der Waals surface area contributed by atoms with Crippen LogP contribution in [0.4, 0.5) is 0 Å². The lowest BCUT2D eigenvalue weighted by molar-refractivity contribution is 0.474. The third-order valence-corrected chi connectivity index (χ3v) is 3.58. The van der Waals surface area contributed by atoms with Gasteiger partial charge in [-0.15, -0.1) is 0 Å². The van der Waals surface area contributed by atoms with Crippen LogP contribution < -0.4 is 0 Å². The predicted octanol–water partition coefficient (Wildman–Crippen LogP) is 4.05. The summed E-state index contributed by atoms with van der Waals surface area (Å²) in [6.45, 7) is 2.17. The van der Waals surface area contributed by atoms with Gasteiger partial charge in [0.2, 0.25) is 0 Å². The minimum Gasteiger partial charge on any atom is -0.440 e. The van der Waals surface area contributed by atoms with Crippen LogP contribution >= 0.6 is 0 Å². The summed E-state index contributed by atoms with van der Waals surface area (Å²) in [5, 5.41) is 0. The molecule has 1 saturated carbocycles. The molecule has 0 unspecified atom stereocenters. The van der Waals surface area contributed by atoms with E-state index in [0.29, 0.717) is 5.92 Å². The number of hydrogen-bond acceptors (Lipinski definition) is 2. The lowest BCUT2D eigenvalue weighted by Gasteiger charge is -2.00. The van der Waals surface area contributed by atoms with Gasteiger partial charge in [0.25, 0.3) is 0 Å². The Morgan fingerprint density at radius 3 is 2.88 bits per heavy atom. The highest BCUT2D eigenvalue weighted by atomic mass is 16.3. The molecule has 0 saturated heterocycles. The summed E-state index contributed by atoms with van der Waals surface area (Å²) in [5.74, 6) is 1.53. The molecule has 0 spiro atoms. The Labute approximate surface area is 95.7 Å². The summed E-state index contributed by atoms with van der Waals surface area (Å²) in [6, 6.07) is 6.34.